The van der Waals surface area contributed by atoms with Crippen molar-refractivity contribution in [3.8, 4) is 11.3 Å². The van der Waals surface area contributed by atoms with E-state index < -0.39 is 0 Å². The van der Waals surface area contributed by atoms with Gasteiger partial charge in [0.25, 0.3) is 5.91 Å². The molecule has 1 saturated heterocycles. The summed E-state index contributed by atoms with van der Waals surface area (Å²) in [5.74, 6) is -0.466. The Bertz CT molecular complexity index is 1370. The highest BCUT2D eigenvalue weighted by Gasteiger charge is 2.28. The minimum absolute atomic E-state index is 0.133. The molecule has 0 bridgehead atoms. The third kappa shape index (κ3) is 4.07. The Balaban J connectivity index is 1.42. The molecule has 1 aliphatic rings. The molecule has 0 spiro atoms. The molecule has 1 N–H and O–H groups in total. The van der Waals surface area contributed by atoms with Gasteiger partial charge in [-0.1, -0.05) is 60.7 Å². The van der Waals surface area contributed by atoms with Crippen molar-refractivity contribution in [2.75, 3.05) is 13.1 Å². The summed E-state index contributed by atoms with van der Waals surface area (Å²) in [5.41, 5.74) is 3.01. The summed E-state index contributed by atoms with van der Waals surface area (Å²) in [5, 5.41) is 5.92. The lowest BCUT2D eigenvalue weighted by Crippen LogP contribution is -2.33. The number of likely N-dealkylation sites (tertiary alicyclic amines) is 1. The summed E-state index contributed by atoms with van der Waals surface area (Å²) in [7, 11) is 0. The Morgan fingerprint density at radius 1 is 0.879 bits per heavy atom. The Hall–Kier alpha value is -4.06. The minimum atomic E-state index is -0.200. The highest BCUT2D eigenvalue weighted by atomic mass is 16.2. The summed E-state index contributed by atoms with van der Waals surface area (Å²) < 4.78 is 0. The van der Waals surface area contributed by atoms with E-state index >= 15 is 0 Å². The molecular formula is C27H23N3O3. The van der Waals surface area contributed by atoms with E-state index in [-0.39, 0.29) is 30.6 Å². The molecule has 3 aromatic carbocycles. The second-order valence-electron chi connectivity index (χ2n) is 8.15. The quantitative estimate of drug-likeness (QED) is 0.360. The number of carbonyl (C=O) groups excluding carboxylic acids is 3. The maximum Gasteiger partial charge on any atom is 0.252 e. The van der Waals surface area contributed by atoms with E-state index in [0.29, 0.717) is 25.1 Å². The molecule has 0 atom stereocenters. The van der Waals surface area contributed by atoms with Gasteiger partial charge in [0.05, 0.1) is 16.8 Å². The van der Waals surface area contributed by atoms with E-state index in [0.717, 1.165) is 32.9 Å². The monoisotopic (exact) mass is 437 g/mol. The second-order valence-corrected chi connectivity index (χ2v) is 8.15. The maximum absolute atomic E-state index is 13.1. The summed E-state index contributed by atoms with van der Waals surface area (Å²) in [6.45, 7) is 0.701. The van der Waals surface area contributed by atoms with E-state index in [1.54, 1.807) is 0 Å². The topological polar surface area (TPSA) is 79.4 Å². The smallest absolute Gasteiger partial charge is 0.252 e. The molecule has 1 aliphatic heterocycles. The predicted molar refractivity (Wildman–Crippen MR) is 128 cm³/mol. The minimum Gasteiger partial charge on any atom is -0.352 e. The van der Waals surface area contributed by atoms with Crippen molar-refractivity contribution >= 4 is 39.4 Å². The Morgan fingerprint density at radius 2 is 1.58 bits per heavy atom. The number of fused-ring (bicyclic) bond motifs is 2. The van der Waals surface area contributed by atoms with Crippen LogP contribution in [0.2, 0.25) is 0 Å². The number of rotatable bonds is 6. The number of nitrogens with zero attached hydrogens (tertiary/aromatic N) is 2. The van der Waals surface area contributed by atoms with Crippen molar-refractivity contribution in [3.05, 3.63) is 78.4 Å². The first-order valence-corrected chi connectivity index (χ1v) is 11.1. The van der Waals surface area contributed by atoms with Gasteiger partial charge >= 0.3 is 0 Å². The first-order valence-electron chi connectivity index (χ1n) is 11.1. The number of aromatic nitrogens is 1. The molecule has 33 heavy (non-hydrogen) atoms. The van der Waals surface area contributed by atoms with Gasteiger partial charge in [-0.25, -0.2) is 4.98 Å². The van der Waals surface area contributed by atoms with Crippen LogP contribution in [-0.4, -0.2) is 40.7 Å². The van der Waals surface area contributed by atoms with E-state index in [1.807, 2.05) is 54.6 Å². The first-order chi connectivity index (χ1) is 16.1. The summed E-state index contributed by atoms with van der Waals surface area (Å²) in [6, 6.07) is 23.6. The van der Waals surface area contributed by atoms with Crippen LogP contribution >= 0.6 is 0 Å². The number of carbonyl (C=O) groups is 3. The van der Waals surface area contributed by atoms with Crippen LogP contribution in [0.25, 0.3) is 32.9 Å². The lowest BCUT2D eigenvalue weighted by Gasteiger charge is -2.14. The first kappa shape index (κ1) is 20.8. The van der Waals surface area contributed by atoms with Gasteiger partial charge in [-0.3, -0.25) is 19.3 Å². The zero-order chi connectivity index (χ0) is 22.8. The number of nitrogens with one attached hydrogen (secondary N) is 1. The third-order valence-corrected chi connectivity index (χ3v) is 6.03. The number of benzene rings is 3. The molecule has 1 aromatic heterocycles. The van der Waals surface area contributed by atoms with Gasteiger partial charge in [-0.15, -0.1) is 0 Å². The highest BCUT2D eigenvalue weighted by molar-refractivity contribution is 6.08. The van der Waals surface area contributed by atoms with Crippen LogP contribution in [0.3, 0.4) is 0 Å². The fourth-order valence-electron chi connectivity index (χ4n) is 4.36. The van der Waals surface area contributed by atoms with Crippen molar-refractivity contribution in [1.82, 2.24) is 15.2 Å². The molecule has 0 saturated carbocycles. The Kier molecular flexibility index (Phi) is 5.57. The number of hydrogen-bond donors (Lipinski definition) is 1. The van der Waals surface area contributed by atoms with Gasteiger partial charge in [0, 0.05) is 36.9 Å². The van der Waals surface area contributed by atoms with E-state index in [2.05, 4.69) is 23.5 Å². The van der Waals surface area contributed by atoms with Crippen LogP contribution < -0.4 is 5.32 Å². The van der Waals surface area contributed by atoms with E-state index in [9.17, 15) is 14.4 Å². The van der Waals surface area contributed by atoms with Crippen molar-refractivity contribution < 1.29 is 14.4 Å². The molecule has 1 fully saturated rings. The SMILES string of the molecule is O=C(NCCCN1C(=O)CCC1=O)c1cc(-c2cccc3ccccc23)nc2ccccc12. The van der Waals surface area contributed by atoms with Crippen LogP contribution in [0, 0.1) is 0 Å². The van der Waals surface area contributed by atoms with Crippen LogP contribution in [0.4, 0.5) is 0 Å². The van der Waals surface area contributed by atoms with Gasteiger partial charge in [0.2, 0.25) is 11.8 Å². The average Bonchev–Trinajstić information content (AvgIpc) is 3.17. The van der Waals surface area contributed by atoms with Crippen molar-refractivity contribution in [1.29, 1.82) is 0 Å². The molecule has 2 heterocycles. The van der Waals surface area contributed by atoms with Crippen LogP contribution in [0.15, 0.2) is 72.8 Å². The molecule has 5 rings (SSSR count). The van der Waals surface area contributed by atoms with Gasteiger partial charge in [0.1, 0.15) is 0 Å². The lowest BCUT2D eigenvalue weighted by atomic mass is 9.99. The van der Waals surface area contributed by atoms with Crippen LogP contribution in [-0.2, 0) is 9.59 Å². The van der Waals surface area contributed by atoms with Crippen molar-refractivity contribution in [2.45, 2.75) is 19.3 Å². The zero-order valence-corrected chi connectivity index (χ0v) is 18.1. The fraction of sp³-hybridized carbons (Fsp3) is 0.185. The molecule has 164 valence electrons. The Labute approximate surface area is 191 Å². The summed E-state index contributed by atoms with van der Waals surface area (Å²) in [4.78, 5) is 42.8. The third-order valence-electron chi connectivity index (χ3n) is 6.03. The van der Waals surface area contributed by atoms with Crippen molar-refractivity contribution in [3.63, 3.8) is 0 Å². The fourth-order valence-corrected chi connectivity index (χ4v) is 4.36. The molecule has 0 radical (unpaired) electrons. The molecule has 0 unspecified atom stereocenters. The molecule has 6 heteroatoms. The molecule has 4 aromatic rings. The van der Waals surface area contributed by atoms with Crippen LogP contribution in [0.5, 0.6) is 0 Å². The zero-order valence-electron chi connectivity index (χ0n) is 18.1. The van der Waals surface area contributed by atoms with Gasteiger partial charge in [-0.2, -0.15) is 0 Å². The number of para-hydroxylation sites is 1. The molecule has 0 aliphatic carbocycles. The molecule has 3 amide bonds. The number of amides is 3. The summed E-state index contributed by atoms with van der Waals surface area (Å²) in [6.07, 6.45) is 1.08. The van der Waals surface area contributed by atoms with Gasteiger partial charge in [0.15, 0.2) is 0 Å². The number of imide groups is 1. The normalized spacial score (nSPS) is 13.8. The number of pyridine rings is 1. The Morgan fingerprint density at radius 3 is 2.39 bits per heavy atom. The second kappa shape index (κ2) is 8.82. The average molecular weight is 437 g/mol. The van der Waals surface area contributed by atoms with Gasteiger partial charge in [-0.05, 0) is 29.3 Å². The highest BCUT2D eigenvalue weighted by Crippen LogP contribution is 2.30. The van der Waals surface area contributed by atoms with Crippen molar-refractivity contribution in [2.24, 2.45) is 0 Å². The van der Waals surface area contributed by atoms with Gasteiger partial charge < -0.3 is 5.32 Å². The largest absolute Gasteiger partial charge is 0.352 e. The maximum atomic E-state index is 13.1. The number of hydrogen-bond acceptors (Lipinski definition) is 4. The molecular weight excluding hydrogens is 414 g/mol. The van der Waals surface area contributed by atoms with Crippen LogP contribution in [0.1, 0.15) is 29.6 Å². The van der Waals surface area contributed by atoms with E-state index in [4.69, 9.17) is 4.98 Å². The molecule has 6 nitrogen and oxygen atoms in total. The summed E-state index contributed by atoms with van der Waals surface area (Å²) >= 11 is 0. The standard InChI is InChI=1S/C27H23N3O3/c31-25-13-14-26(32)30(25)16-6-15-28-27(33)22-17-24(29-23-12-4-3-10-21(22)23)20-11-5-8-18-7-1-2-9-19(18)20/h1-5,7-12,17H,6,13-16H2,(H,28,33). The predicted octanol–water partition coefficient (Wildman–Crippen LogP) is 4.32. The lowest BCUT2D eigenvalue weighted by molar-refractivity contribution is -0.138. The van der Waals surface area contributed by atoms with E-state index in [1.165, 1.54) is 4.90 Å².